The van der Waals surface area contributed by atoms with E-state index in [1.165, 1.54) is 37.9 Å². The summed E-state index contributed by atoms with van der Waals surface area (Å²) in [6.07, 6.45) is 4.09. The maximum absolute atomic E-state index is 5.71. The summed E-state index contributed by atoms with van der Waals surface area (Å²) < 4.78 is 0. The zero-order valence-corrected chi connectivity index (χ0v) is 9.00. The summed E-state index contributed by atoms with van der Waals surface area (Å²) in [6, 6.07) is 8.47. The molecule has 2 fully saturated rings. The molecular weight excluding hydrogens is 181 g/mol. The van der Waals surface area contributed by atoms with Crippen LogP contribution in [0.3, 0.4) is 0 Å². The smallest absolute Gasteiger partial charge is 0.113 e. The van der Waals surface area contributed by atoms with Gasteiger partial charge >= 0.3 is 0 Å². The zero-order valence-electron chi connectivity index (χ0n) is 9.00. The van der Waals surface area contributed by atoms with Gasteiger partial charge in [-0.3, -0.25) is 0 Å². The zero-order chi connectivity index (χ0) is 10.3. The molecule has 1 atom stereocenters. The minimum atomic E-state index is 0.640. The Hall–Kier alpha value is -0.755. The molecule has 0 bridgehead atoms. The number of benzene rings is 1. The highest BCUT2D eigenvalue weighted by atomic mass is 14.9. The summed E-state index contributed by atoms with van der Waals surface area (Å²) in [7, 11) is 5.71. The van der Waals surface area contributed by atoms with Crippen LogP contribution in [0.2, 0.25) is 0 Å². The molecule has 3 rings (SSSR count). The van der Waals surface area contributed by atoms with E-state index in [9.17, 15) is 0 Å². The number of rotatable bonds is 1. The van der Waals surface area contributed by atoms with Gasteiger partial charge in [-0.25, -0.2) is 0 Å². The summed E-state index contributed by atoms with van der Waals surface area (Å²) in [5.41, 5.74) is 3.01. The highest BCUT2D eigenvalue weighted by Gasteiger charge is 2.54. The number of nitrogens with one attached hydrogen (secondary N) is 1. The second kappa shape index (κ2) is 3.38. The van der Waals surface area contributed by atoms with Crippen LogP contribution in [0, 0.1) is 5.41 Å². The lowest BCUT2D eigenvalue weighted by molar-refractivity contribution is 0.342. The fourth-order valence-electron chi connectivity index (χ4n) is 3.02. The highest BCUT2D eigenvalue weighted by Crippen LogP contribution is 2.64. The van der Waals surface area contributed by atoms with Crippen molar-refractivity contribution in [1.82, 2.24) is 5.32 Å². The first-order chi connectivity index (χ1) is 7.30. The van der Waals surface area contributed by atoms with E-state index in [1.54, 1.807) is 0 Å². The molecule has 1 heterocycles. The van der Waals surface area contributed by atoms with E-state index in [1.807, 2.05) is 12.1 Å². The molecule has 2 heteroatoms. The third-order valence-corrected chi connectivity index (χ3v) is 4.13. The second-order valence-electron chi connectivity index (χ2n) is 5.04. The molecular formula is C13H16BN. The predicted octanol–water partition coefficient (Wildman–Crippen LogP) is 1.34. The molecule has 0 amide bonds. The Morgan fingerprint density at radius 2 is 1.80 bits per heavy atom. The van der Waals surface area contributed by atoms with Crippen LogP contribution in [-0.2, 0) is 0 Å². The van der Waals surface area contributed by atoms with Gasteiger partial charge in [-0.2, -0.15) is 0 Å². The third kappa shape index (κ3) is 1.61. The van der Waals surface area contributed by atoms with Gasteiger partial charge in [0, 0.05) is 0 Å². The SMILES string of the molecule is [B]c1ccc(C2CC23CCNCC3)cc1. The van der Waals surface area contributed by atoms with Crippen LogP contribution >= 0.6 is 0 Å². The Kier molecular flexibility index (Phi) is 2.13. The Morgan fingerprint density at radius 1 is 1.13 bits per heavy atom. The molecule has 1 aliphatic heterocycles. The van der Waals surface area contributed by atoms with Crippen molar-refractivity contribution in [3.63, 3.8) is 0 Å². The maximum Gasteiger partial charge on any atom is 0.113 e. The highest BCUT2D eigenvalue weighted by molar-refractivity contribution is 6.32. The third-order valence-electron chi connectivity index (χ3n) is 4.13. The summed E-state index contributed by atoms with van der Waals surface area (Å²) >= 11 is 0. The molecule has 1 aliphatic carbocycles. The van der Waals surface area contributed by atoms with Gasteiger partial charge in [-0.1, -0.05) is 29.7 Å². The molecule has 1 unspecified atom stereocenters. The molecule has 1 saturated carbocycles. The summed E-state index contributed by atoms with van der Waals surface area (Å²) in [5.74, 6) is 0.806. The lowest BCUT2D eigenvalue weighted by Gasteiger charge is -2.23. The largest absolute Gasteiger partial charge is 0.317 e. The van der Waals surface area contributed by atoms with Crippen molar-refractivity contribution >= 4 is 13.3 Å². The standard InChI is InChI=1S/C13H16BN/c14-11-3-1-10(2-4-11)12-9-13(12)5-7-15-8-6-13/h1-4,12,15H,5-9H2. The van der Waals surface area contributed by atoms with Crippen molar-refractivity contribution in [1.29, 1.82) is 0 Å². The van der Waals surface area contributed by atoms with E-state index < -0.39 is 0 Å². The van der Waals surface area contributed by atoms with Crippen molar-refractivity contribution in [3.05, 3.63) is 29.8 Å². The summed E-state index contributed by atoms with van der Waals surface area (Å²) in [5, 5.41) is 3.44. The average molecular weight is 197 g/mol. The van der Waals surface area contributed by atoms with Gasteiger partial charge in [0.1, 0.15) is 7.85 Å². The van der Waals surface area contributed by atoms with Gasteiger partial charge < -0.3 is 5.32 Å². The first-order valence-corrected chi connectivity index (χ1v) is 5.86. The van der Waals surface area contributed by atoms with Crippen molar-refractivity contribution in [2.75, 3.05) is 13.1 Å². The van der Waals surface area contributed by atoms with Gasteiger partial charge in [0.15, 0.2) is 0 Å². The van der Waals surface area contributed by atoms with Crippen molar-refractivity contribution < 1.29 is 0 Å². The molecule has 1 spiro atoms. The normalized spacial score (nSPS) is 27.9. The molecule has 1 nitrogen and oxygen atoms in total. The average Bonchev–Trinajstić information content (AvgIpc) is 2.94. The van der Waals surface area contributed by atoms with Crippen molar-refractivity contribution in [2.24, 2.45) is 5.41 Å². The van der Waals surface area contributed by atoms with Crippen LogP contribution in [-0.4, -0.2) is 20.9 Å². The van der Waals surface area contributed by atoms with Crippen LogP contribution in [0.4, 0.5) is 0 Å². The van der Waals surface area contributed by atoms with Gasteiger partial charge in [-0.05, 0) is 49.2 Å². The van der Waals surface area contributed by atoms with Crippen LogP contribution < -0.4 is 10.8 Å². The predicted molar refractivity (Wildman–Crippen MR) is 63.7 cm³/mol. The Labute approximate surface area is 92.7 Å². The number of piperidine rings is 1. The molecule has 1 saturated heterocycles. The first kappa shape index (κ1) is 9.47. The van der Waals surface area contributed by atoms with Gasteiger partial charge in [0.25, 0.3) is 0 Å². The van der Waals surface area contributed by atoms with E-state index in [4.69, 9.17) is 7.85 Å². The molecule has 0 aromatic heterocycles. The molecule has 15 heavy (non-hydrogen) atoms. The minimum Gasteiger partial charge on any atom is -0.317 e. The second-order valence-corrected chi connectivity index (χ2v) is 5.04. The Balaban J connectivity index is 1.77. The van der Waals surface area contributed by atoms with Crippen LogP contribution in [0.25, 0.3) is 0 Å². The summed E-state index contributed by atoms with van der Waals surface area (Å²) in [4.78, 5) is 0. The van der Waals surface area contributed by atoms with E-state index >= 15 is 0 Å². The first-order valence-electron chi connectivity index (χ1n) is 5.86. The number of hydrogen-bond donors (Lipinski definition) is 1. The van der Waals surface area contributed by atoms with Gasteiger partial charge in [-0.15, -0.1) is 0 Å². The van der Waals surface area contributed by atoms with Crippen molar-refractivity contribution in [2.45, 2.75) is 25.2 Å². The summed E-state index contributed by atoms with van der Waals surface area (Å²) in [6.45, 7) is 2.40. The minimum absolute atomic E-state index is 0.640. The van der Waals surface area contributed by atoms with Gasteiger partial charge in [0.2, 0.25) is 0 Å². The van der Waals surface area contributed by atoms with Crippen LogP contribution in [0.15, 0.2) is 24.3 Å². The fraction of sp³-hybridized carbons (Fsp3) is 0.538. The van der Waals surface area contributed by atoms with Gasteiger partial charge in [0.05, 0.1) is 0 Å². The van der Waals surface area contributed by atoms with E-state index in [0.29, 0.717) is 5.41 Å². The monoisotopic (exact) mass is 197 g/mol. The Morgan fingerprint density at radius 3 is 2.47 bits per heavy atom. The van der Waals surface area contributed by atoms with Crippen LogP contribution in [0.5, 0.6) is 0 Å². The number of hydrogen-bond acceptors (Lipinski definition) is 1. The van der Waals surface area contributed by atoms with Crippen molar-refractivity contribution in [3.8, 4) is 0 Å². The van der Waals surface area contributed by atoms with E-state index in [-0.39, 0.29) is 0 Å². The lowest BCUT2D eigenvalue weighted by Crippen LogP contribution is -2.29. The van der Waals surface area contributed by atoms with Crippen LogP contribution in [0.1, 0.15) is 30.7 Å². The molecule has 1 aromatic rings. The molecule has 1 N–H and O–H groups in total. The fourth-order valence-corrected chi connectivity index (χ4v) is 3.02. The molecule has 76 valence electrons. The quantitative estimate of drug-likeness (QED) is 0.670. The molecule has 2 aliphatic rings. The molecule has 2 radical (unpaired) electrons. The molecule has 1 aromatic carbocycles. The van der Waals surface area contributed by atoms with E-state index in [0.717, 1.165) is 11.4 Å². The lowest BCUT2D eigenvalue weighted by atomic mass is 9.88. The van der Waals surface area contributed by atoms with E-state index in [2.05, 4.69) is 17.4 Å². The Bertz CT molecular complexity index is 351. The topological polar surface area (TPSA) is 12.0 Å². The maximum atomic E-state index is 5.71.